The standard InChI is InChI=1S/C12H16ClF3O2/c1-4-18-10(17)8-5-7(11(8,2)3)6-9(13)12(14,15)16/h6-8H,4-5H2,1-3H3. The molecule has 0 heterocycles. The Morgan fingerprint density at radius 2 is 2.06 bits per heavy atom. The molecule has 104 valence electrons. The van der Waals surface area contributed by atoms with Crippen LogP contribution in [0.25, 0.3) is 0 Å². The zero-order chi connectivity index (χ0) is 14.1. The Bertz CT molecular complexity index is 361. The third-order valence-electron chi connectivity index (χ3n) is 3.53. The number of alkyl halides is 3. The smallest absolute Gasteiger partial charge is 0.426 e. The van der Waals surface area contributed by atoms with E-state index in [1.807, 2.05) is 0 Å². The first-order chi connectivity index (χ1) is 8.10. The predicted octanol–water partition coefficient (Wildman–Crippen LogP) is 3.90. The lowest BCUT2D eigenvalue weighted by Gasteiger charge is -2.49. The number of halogens is 4. The van der Waals surface area contributed by atoms with Gasteiger partial charge in [0.1, 0.15) is 5.03 Å². The number of carbonyl (C=O) groups is 1. The fourth-order valence-corrected chi connectivity index (χ4v) is 2.31. The molecule has 18 heavy (non-hydrogen) atoms. The highest BCUT2D eigenvalue weighted by atomic mass is 35.5. The van der Waals surface area contributed by atoms with E-state index in [-0.39, 0.29) is 24.4 Å². The summed E-state index contributed by atoms with van der Waals surface area (Å²) in [6.07, 6.45) is -3.18. The first-order valence-corrected chi connectivity index (χ1v) is 6.09. The monoisotopic (exact) mass is 284 g/mol. The van der Waals surface area contributed by atoms with Crippen LogP contribution in [0.5, 0.6) is 0 Å². The molecule has 0 N–H and O–H groups in total. The molecular weight excluding hydrogens is 269 g/mol. The van der Waals surface area contributed by atoms with Gasteiger partial charge in [-0.15, -0.1) is 0 Å². The molecule has 2 atom stereocenters. The molecule has 0 aliphatic heterocycles. The van der Waals surface area contributed by atoms with Crippen LogP contribution in [0.1, 0.15) is 27.2 Å². The van der Waals surface area contributed by atoms with E-state index in [0.717, 1.165) is 6.08 Å². The van der Waals surface area contributed by atoms with Gasteiger partial charge in [0, 0.05) is 0 Å². The SMILES string of the molecule is CCOC(=O)C1CC(C=C(Cl)C(F)(F)F)C1(C)C. The summed E-state index contributed by atoms with van der Waals surface area (Å²) >= 11 is 5.20. The second-order valence-corrected chi connectivity index (χ2v) is 5.39. The summed E-state index contributed by atoms with van der Waals surface area (Å²) in [6.45, 7) is 5.47. The van der Waals surface area contributed by atoms with Gasteiger partial charge in [0.15, 0.2) is 0 Å². The van der Waals surface area contributed by atoms with E-state index in [1.165, 1.54) is 0 Å². The molecule has 0 amide bonds. The van der Waals surface area contributed by atoms with Crippen molar-refractivity contribution in [2.45, 2.75) is 33.4 Å². The molecular formula is C12H16ClF3O2. The zero-order valence-electron chi connectivity index (χ0n) is 10.5. The predicted molar refractivity (Wildman–Crippen MR) is 62.0 cm³/mol. The first kappa shape index (κ1) is 15.3. The Kier molecular flexibility index (Phi) is 4.36. The minimum absolute atomic E-state index is 0.273. The van der Waals surface area contributed by atoms with Gasteiger partial charge in [-0.3, -0.25) is 4.79 Å². The molecule has 0 aromatic carbocycles. The van der Waals surface area contributed by atoms with Crippen molar-refractivity contribution in [3.63, 3.8) is 0 Å². The van der Waals surface area contributed by atoms with Crippen molar-refractivity contribution < 1.29 is 22.7 Å². The summed E-state index contributed by atoms with van der Waals surface area (Å²) in [7, 11) is 0. The highest BCUT2D eigenvalue weighted by Crippen LogP contribution is 2.53. The van der Waals surface area contributed by atoms with E-state index in [1.54, 1.807) is 20.8 Å². The summed E-state index contributed by atoms with van der Waals surface area (Å²) in [5, 5.41) is -1.12. The summed E-state index contributed by atoms with van der Waals surface area (Å²) in [4.78, 5) is 11.6. The van der Waals surface area contributed by atoms with Crippen LogP contribution in [-0.2, 0) is 9.53 Å². The average Bonchev–Trinajstić information content (AvgIpc) is 2.21. The molecule has 1 aliphatic rings. The van der Waals surface area contributed by atoms with Crippen LogP contribution >= 0.6 is 11.6 Å². The van der Waals surface area contributed by atoms with Crippen LogP contribution in [0.15, 0.2) is 11.1 Å². The van der Waals surface area contributed by atoms with Crippen molar-refractivity contribution in [1.82, 2.24) is 0 Å². The van der Waals surface area contributed by atoms with Crippen LogP contribution < -0.4 is 0 Å². The molecule has 0 radical (unpaired) electrons. The summed E-state index contributed by atoms with van der Waals surface area (Å²) in [5.74, 6) is -1.08. The van der Waals surface area contributed by atoms with E-state index < -0.39 is 16.6 Å². The van der Waals surface area contributed by atoms with Crippen LogP contribution in [0.4, 0.5) is 13.2 Å². The molecule has 1 fully saturated rings. The van der Waals surface area contributed by atoms with E-state index in [4.69, 9.17) is 16.3 Å². The largest absolute Gasteiger partial charge is 0.466 e. The molecule has 2 unspecified atom stereocenters. The maximum absolute atomic E-state index is 12.3. The maximum Gasteiger partial charge on any atom is 0.426 e. The lowest BCUT2D eigenvalue weighted by molar-refractivity contribution is -0.162. The first-order valence-electron chi connectivity index (χ1n) is 5.71. The van der Waals surface area contributed by atoms with Crippen molar-refractivity contribution in [3.8, 4) is 0 Å². The molecule has 0 aromatic heterocycles. The number of ether oxygens (including phenoxy) is 1. The van der Waals surface area contributed by atoms with Crippen LogP contribution in [0.3, 0.4) is 0 Å². The highest BCUT2D eigenvalue weighted by molar-refractivity contribution is 6.30. The fourth-order valence-electron chi connectivity index (χ4n) is 2.16. The third-order valence-corrected chi connectivity index (χ3v) is 3.87. The van der Waals surface area contributed by atoms with Crippen molar-refractivity contribution in [1.29, 1.82) is 0 Å². The van der Waals surface area contributed by atoms with Crippen LogP contribution in [-0.4, -0.2) is 18.8 Å². The number of hydrogen-bond donors (Lipinski definition) is 0. The van der Waals surface area contributed by atoms with Gasteiger partial charge in [-0.1, -0.05) is 31.5 Å². The van der Waals surface area contributed by atoms with Crippen molar-refractivity contribution in [2.24, 2.45) is 17.3 Å². The number of esters is 1. The molecule has 0 spiro atoms. The molecule has 0 saturated heterocycles. The Labute approximate surface area is 109 Å². The lowest BCUT2D eigenvalue weighted by atomic mass is 9.54. The molecule has 1 rings (SSSR count). The summed E-state index contributed by atoms with van der Waals surface area (Å²) in [5.41, 5.74) is -0.558. The number of carbonyl (C=O) groups excluding carboxylic acids is 1. The highest BCUT2D eigenvalue weighted by Gasteiger charge is 2.52. The van der Waals surface area contributed by atoms with Crippen molar-refractivity contribution in [3.05, 3.63) is 11.1 Å². The summed E-state index contributed by atoms with van der Waals surface area (Å²) < 4.78 is 41.8. The normalized spacial score (nSPS) is 27.6. The van der Waals surface area contributed by atoms with Crippen LogP contribution in [0.2, 0.25) is 0 Å². The lowest BCUT2D eigenvalue weighted by Crippen LogP contribution is -2.48. The van der Waals surface area contributed by atoms with Gasteiger partial charge in [-0.05, 0) is 24.7 Å². The van der Waals surface area contributed by atoms with Gasteiger partial charge >= 0.3 is 12.1 Å². The van der Waals surface area contributed by atoms with E-state index in [0.29, 0.717) is 6.42 Å². The Morgan fingerprint density at radius 1 is 1.50 bits per heavy atom. The van der Waals surface area contributed by atoms with E-state index >= 15 is 0 Å². The number of hydrogen-bond acceptors (Lipinski definition) is 2. The van der Waals surface area contributed by atoms with Crippen molar-refractivity contribution in [2.75, 3.05) is 6.61 Å². The van der Waals surface area contributed by atoms with Gasteiger partial charge < -0.3 is 4.74 Å². The van der Waals surface area contributed by atoms with Gasteiger partial charge in [0.05, 0.1) is 12.5 Å². The van der Waals surface area contributed by atoms with E-state index in [2.05, 4.69) is 0 Å². The molecule has 6 heteroatoms. The maximum atomic E-state index is 12.3. The van der Waals surface area contributed by atoms with E-state index in [9.17, 15) is 18.0 Å². The minimum Gasteiger partial charge on any atom is -0.466 e. The quantitative estimate of drug-likeness (QED) is 0.735. The average molecular weight is 285 g/mol. The molecule has 0 bridgehead atoms. The summed E-state index contributed by atoms with van der Waals surface area (Å²) in [6, 6.07) is 0. The van der Waals surface area contributed by atoms with Gasteiger partial charge in [0.25, 0.3) is 0 Å². The Balaban J connectivity index is 2.73. The van der Waals surface area contributed by atoms with Gasteiger partial charge in [-0.2, -0.15) is 13.2 Å². The van der Waals surface area contributed by atoms with Crippen molar-refractivity contribution >= 4 is 17.6 Å². The van der Waals surface area contributed by atoms with Gasteiger partial charge in [-0.25, -0.2) is 0 Å². The molecule has 1 aliphatic carbocycles. The minimum atomic E-state index is -4.52. The number of rotatable bonds is 3. The fraction of sp³-hybridized carbons (Fsp3) is 0.750. The molecule has 0 aromatic rings. The topological polar surface area (TPSA) is 26.3 Å². The molecule has 1 saturated carbocycles. The Morgan fingerprint density at radius 3 is 2.44 bits per heavy atom. The second kappa shape index (κ2) is 5.11. The third kappa shape index (κ3) is 2.99. The van der Waals surface area contributed by atoms with Crippen LogP contribution in [0, 0.1) is 17.3 Å². The Hall–Kier alpha value is -0.710. The number of allylic oxidation sites excluding steroid dienone is 2. The second-order valence-electron chi connectivity index (χ2n) is 4.98. The molecule has 2 nitrogen and oxygen atoms in total. The van der Waals surface area contributed by atoms with Gasteiger partial charge in [0.2, 0.25) is 0 Å². The zero-order valence-corrected chi connectivity index (χ0v) is 11.2.